The predicted octanol–water partition coefficient (Wildman–Crippen LogP) is 1.47. The number of benzene rings is 1. The maximum Gasteiger partial charge on any atom is 0.326 e. The molecule has 0 spiro atoms. The molecule has 1 rings (SSSR count). The molecule has 0 heterocycles. The molecule has 1 amide bonds. The molecule has 2 N–H and O–H groups in total. The third kappa shape index (κ3) is 5.84. The number of amides is 1. The van der Waals surface area contributed by atoms with E-state index in [1.165, 1.54) is 0 Å². The van der Waals surface area contributed by atoms with Gasteiger partial charge in [0.15, 0.2) is 0 Å². The number of ether oxygens (including phenoxy) is 1. The second kappa shape index (κ2) is 8.32. The Labute approximate surface area is 118 Å². The van der Waals surface area contributed by atoms with E-state index in [-0.39, 0.29) is 12.5 Å². The van der Waals surface area contributed by atoms with Crippen LogP contribution in [0.4, 0.5) is 0 Å². The van der Waals surface area contributed by atoms with Gasteiger partial charge in [0, 0.05) is 0 Å². The Morgan fingerprint density at radius 2 is 1.90 bits per heavy atom. The number of rotatable bonds is 8. The Morgan fingerprint density at radius 1 is 1.25 bits per heavy atom. The molecule has 0 saturated carbocycles. The van der Waals surface area contributed by atoms with Crippen LogP contribution >= 0.6 is 0 Å². The largest absolute Gasteiger partial charge is 0.480 e. The minimum Gasteiger partial charge on any atom is -0.480 e. The smallest absolute Gasteiger partial charge is 0.326 e. The monoisotopic (exact) mass is 279 g/mol. The molecule has 0 aliphatic rings. The topological polar surface area (TPSA) is 75.6 Å². The van der Waals surface area contributed by atoms with Gasteiger partial charge in [-0.3, -0.25) is 4.79 Å². The summed E-state index contributed by atoms with van der Waals surface area (Å²) in [6.07, 6.45) is 0.723. The fourth-order valence-electron chi connectivity index (χ4n) is 1.73. The molecule has 5 heteroatoms. The van der Waals surface area contributed by atoms with E-state index in [1.807, 2.05) is 30.3 Å². The lowest BCUT2D eigenvalue weighted by Gasteiger charge is -2.17. The molecule has 1 atom stereocenters. The lowest BCUT2D eigenvalue weighted by molar-refractivity contribution is -0.143. The van der Waals surface area contributed by atoms with Crippen LogP contribution in [0.3, 0.4) is 0 Å². The number of carbonyl (C=O) groups is 2. The fraction of sp³-hybridized carbons (Fsp3) is 0.467. The summed E-state index contributed by atoms with van der Waals surface area (Å²) in [5.74, 6) is -1.60. The quantitative estimate of drug-likeness (QED) is 0.707. The first-order valence-electron chi connectivity index (χ1n) is 6.64. The van der Waals surface area contributed by atoms with Crippen LogP contribution in [0, 0.1) is 5.92 Å². The number of carboxylic acids is 1. The molecule has 0 bridgehead atoms. The second-order valence-electron chi connectivity index (χ2n) is 4.92. The molecular weight excluding hydrogens is 258 g/mol. The van der Waals surface area contributed by atoms with Crippen LogP contribution in [-0.2, 0) is 20.7 Å². The highest BCUT2D eigenvalue weighted by Crippen LogP contribution is 2.02. The minimum absolute atomic E-state index is 0.122. The van der Waals surface area contributed by atoms with E-state index < -0.39 is 17.9 Å². The van der Waals surface area contributed by atoms with Gasteiger partial charge in [0.2, 0.25) is 5.91 Å². The fourth-order valence-corrected chi connectivity index (χ4v) is 1.73. The highest BCUT2D eigenvalue weighted by molar-refractivity contribution is 5.84. The van der Waals surface area contributed by atoms with Crippen molar-refractivity contribution >= 4 is 11.9 Å². The molecule has 1 aromatic carbocycles. The molecule has 0 aliphatic heterocycles. The van der Waals surface area contributed by atoms with Crippen LogP contribution in [-0.4, -0.2) is 36.2 Å². The van der Waals surface area contributed by atoms with Crippen molar-refractivity contribution < 1.29 is 19.4 Å². The van der Waals surface area contributed by atoms with Crippen molar-refractivity contribution in [3.8, 4) is 0 Å². The van der Waals surface area contributed by atoms with Gasteiger partial charge in [0.05, 0.1) is 6.61 Å². The summed E-state index contributed by atoms with van der Waals surface area (Å²) in [4.78, 5) is 22.5. The predicted molar refractivity (Wildman–Crippen MR) is 75.4 cm³/mol. The van der Waals surface area contributed by atoms with Crippen LogP contribution in [0.2, 0.25) is 0 Å². The first-order valence-corrected chi connectivity index (χ1v) is 6.64. The van der Waals surface area contributed by atoms with Crippen molar-refractivity contribution in [3.63, 3.8) is 0 Å². The first-order chi connectivity index (χ1) is 9.50. The van der Waals surface area contributed by atoms with Gasteiger partial charge in [-0.2, -0.15) is 0 Å². The summed E-state index contributed by atoms with van der Waals surface area (Å²) in [5, 5.41) is 11.4. The van der Waals surface area contributed by atoms with Gasteiger partial charge in [0.1, 0.15) is 12.6 Å². The molecule has 0 radical (unpaired) electrons. The van der Waals surface area contributed by atoms with E-state index in [0.29, 0.717) is 6.61 Å². The van der Waals surface area contributed by atoms with Gasteiger partial charge >= 0.3 is 5.97 Å². The van der Waals surface area contributed by atoms with Gasteiger partial charge in [-0.1, -0.05) is 44.2 Å². The summed E-state index contributed by atoms with van der Waals surface area (Å²) < 4.78 is 5.25. The molecule has 0 unspecified atom stereocenters. The van der Waals surface area contributed by atoms with E-state index in [0.717, 1.165) is 12.0 Å². The molecule has 0 aliphatic carbocycles. The third-order valence-electron chi connectivity index (χ3n) is 2.86. The SMILES string of the molecule is CC(C)[C@@H](NC(=O)COCCc1ccccc1)C(=O)O. The van der Waals surface area contributed by atoms with Crippen molar-refractivity contribution in [2.24, 2.45) is 5.92 Å². The van der Waals surface area contributed by atoms with Gasteiger partial charge < -0.3 is 15.2 Å². The Kier molecular flexibility index (Phi) is 6.73. The van der Waals surface area contributed by atoms with Crippen molar-refractivity contribution in [1.82, 2.24) is 5.32 Å². The highest BCUT2D eigenvalue weighted by Gasteiger charge is 2.23. The van der Waals surface area contributed by atoms with Gasteiger partial charge in [-0.05, 0) is 17.9 Å². The lowest BCUT2D eigenvalue weighted by Crippen LogP contribution is -2.45. The maximum absolute atomic E-state index is 11.6. The van der Waals surface area contributed by atoms with Crippen LogP contribution in [0.25, 0.3) is 0 Å². The van der Waals surface area contributed by atoms with Crippen molar-refractivity contribution in [3.05, 3.63) is 35.9 Å². The molecule has 5 nitrogen and oxygen atoms in total. The summed E-state index contributed by atoms with van der Waals surface area (Å²) in [6.45, 7) is 3.80. The summed E-state index contributed by atoms with van der Waals surface area (Å²) in [6, 6.07) is 8.94. The zero-order valence-corrected chi connectivity index (χ0v) is 11.8. The van der Waals surface area contributed by atoms with E-state index in [2.05, 4.69) is 5.32 Å². The van der Waals surface area contributed by atoms with E-state index in [9.17, 15) is 9.59 Å². The summed E-state index contributed by atoms with van der Waals surface area (Å²) in [7, 11) is 0. The summed E-state index contributed by atoms with van der Waals surface area (Å²) >= 11 is 0. The first kappa shape index (κ1) is 16.2. The van der Waals surface area contributed by atoms with E-state index >= 15 is 0 Å². The number of carboxylic acid groups (broad SMARTS) is 1. The van der Waals surface area contributed by atoms with Gasteiger partial charge in [-0.15, -0.1) is 0 Å². The number of carbonyl (C=O) groups excluding carboxylic acids is 1. The zero-order valence-electron chi connectivity index (χ0n) is 11.8. The molecule has 0 fully saturated rings. The normalized spacial score (nSPS) is 12.2. The van der Waals surface area contributed by atoms with Crippen LogP contribution in [0.15, 0.2) is 30.3 Å². The number of hydrogen-bond acceptors (Lipinski definition) is 3. The molecule has 1 aromatic rings. The number of aliphatic carboxylic acids is 1. The average Bonchev–Trinajstić information content (AvgIpc) is 2.41. The molecule has 110 valence electrons. The second-order valence-corrected chi connectivity index (χ2v) is 4.92. The van der Waals surface area contributed by atoms with Crippen molar-refractivity contribution in [2.75, 3.05) is 13.2 Å². The number of hydrogen-bond donors (Lipinski definition) is 2. The summed E-state index contributed by atoms with van der Waals surface area (Å²) in [5.41, 5.74) is 1.14. The van der Waals surface area contributed by atoms with Gasteiger partial charge in [-0.25, -0.2) is 4.79 Å². The molecule has 20 heavy (non-hydrogen) atoms. The van der Waals surface area contributed by atoms with E-state index in [1.54, 1.807) is 13.8 Å². The van der Waals surface area contributed by atoms with E-state index in [4.69, 9.17) is 9.84 Å². The third-order valence-corrected chi connectivity index (χ3v) is 2.86. The van der Waals surface area contributed by atoms with Crippen LogP contribution in [0.1, 0.15) is 19.4 Å². The van der Waals surface area contributed by atoms with Crippen molar-refractivity contribution in [2.45, 2.75) is 26.3 Å². The molecule has 0 aromatic heterocycles. The minimum atomic E-state index is -1.03. The Bertz CT molecular complexity index is 431. The Balaban J connectivity index is 2.24. The lowest BCUT2D eigenvalue weighted by atomic mass is 10.1. The van der Waals surface area contributed by atoms with Gasteiger partial charge in [0.25, 0.3) is 0 Å². The van der Waals surface area contributed by atoms with Crippen LogP contribution in [0.5, 0.6) is 0 Å². The maximum atomic E-state index is 11.6. The highest BCUT2D eigenvalue weighted by atomic mass is 16.5. The molecular formula is C15H21NO4. The average molecular weight is 279 g/mol. The number of nitrogens with one attached hydrogen (secondary N) is 1. The van der Waals surface area contributed by atoms with Crippen molar-refractivity contribution in [1.29, 1.82) is 0 Å². The molecule has 0 saturated heterocycles. The Hall–Kier alpha value is -1.88. The zero-order chi connectivity index (χ0) is 15.0. The Morgan fingerprint density at radius 3 is 2.45 bits per heavy atom. The standard InChI is InChI=1S/C15H21NO4/c1-11(2)14(15(18)19)16-13(17)10-20-9-8-12-6-4-3-5-7-12/h3-7,11,14H,8-10H2,1-2H3,(H,16,17)(H,18,19)/t14-/m1/s1. The van der Waals surface area contributed by atoms with Crippen LogP contribution < -0.4 is 5.32 Å².